The first kappa shape index (κ1) is 9.40. The molecule has 0 radical (unpaired) electrons. The lowest BCUT2D eigenvalue weighted by Crippen LogP contribution is -1.99. The zero-order valence-electron chi connectivity index (χ0n) is 7.96. The third-order valence-corrected chi connectivity index (χ3v) is 3.16. The number of nitrogens with one attached hydrogen (secondary N) is 2. The highest BCUT2D eigenvalue weighted by atomic mass is 32.2. The number of benzene rings is 1. The molecule has 4 heteroatoms. The number of fused-ring (bicyclic) bond motifs is 1. The zero-order valence-corrected chi connectivity index (χ0v) is 8.78. The van der Waals surface area contributed by atoms with Crippen LogP contribution in [0.5, 0.6) is 0 Å². The predicted molar refractivity (Wildman–Crippen MR) is 59.9 cm³/mol. The van der Waals surface area contributed by atoms with Crippen LogP contribution in [0, 0.1) is 0 Å². The molecule has 14 heavy (non-hydrogen) atoms. The van der Waals surface area contributed by atoms with Crippen molar-refractivity contribution < 1.29 is 0 Å². The van der Waals surface area contributed by atoms with Crippen molar-refractivity contribution in [2.24, 2.45) is 0 Å². The summed E-state index contributed by atoms with van der Waals surface area (Å²) < 4.78 is 0. The van der Waals surface area contributed by atoms with E-state index in [0.717, 1.165) is 23.2 Å². The number of aromatic amines is 2. The molecule has 0 atom stereocenters. The Morgan fingerprint density at radius 3 is 2.86 bits per heavy atom. The summed E-state index contributed by atoms with van der Waals surface area (Å²) in [5.41, 5.74) is 1.62. The van der Waals surface area contributed by atoms with Gasteiger partial charge < -0.3 is 9.97 Å². The van der Waals surface area contributed by atoms with Crippen LogP contribution in [-0.4, -0.2) is 15.7 Å². The Morgan fingerprint density at radius 1 is 1.29 bits per heavy atom. The van der Waals surface area contributed by atoms with Crippen molar-refractivity contribution in [2.45, 2.75) is 18.2 Å². The van der Waals surface area contributed by atoms with E-state index in [1.807, 2.05) is 30.0 Å². The third-order valence-electron chi connectivity index (χ3n) is 1.96. The second kappa shape index (κ2) is 3.92. The largest absolute Gasteiger partial charge is 0.323 e. The molecule has 0 unspecified atom stereocenters. The van der Waals surface area contributed by atoms with E-state index in [-0.39, 0.29) is 5.69 Å². The molecule has 1 aromatic carbocycles. The summed E-state index contributed by atoms with van der Waals surface area (Å²) in [6.07, 6.45) is 1.16. The van der Waals surface area contributed by atoms with Crippen molar-refractivity contribution in [3.8, 4) is 0 Å². The highest BCUT2D eigenvalue weighted by Crippen LogP contribution is 2.21. The average molecular weight is 208 g/mol. The molecule has 1 heterocycles. The topological polar surface area (TPSA) is 48.6 Å². The molecule has 0 spiro atoms. The summed E-state index contributed by atoms with van der Waals surface area (Å²) in [4.78, 5) is 17.7. The quantitative estimate of drug-likeness (QED) is 0.761. The maximum atomic E-state index is 11.0. The Hall–Kier alpha value is -1.16. The van der Waals surface area contributed by atoms with E-state index in [1.165, 1.54) is 4.90 Å². The van der Waals surface area contributed by atoms with Crippen molar-refractivity contribution in [3.05, 3.63) is 28.7 Å². The Balaban J connectivity index is 2.35. The van der Waals surface area contributed by atoms with Gasteiger partial charge in [-0.05, 0) is 30.4 Å². The third kappa shape index (κ3) is 1.85. The molecule has 3 nitrogen and oxygen atoms in total. The van der Waals surface area contributed by atoms with Crippen molar-refractivity contribution in [3.63, 3.8) is 0 Å². The van der Waals surface area contributed by atoms with Crippen LogP contribution in [0.3, 0.4) is 0 Å². The lowest BCUT2D eigenvalue weighted by molar-refractivity contribution is 1.10. The van der Waals surface area contributed by atoms with E-state index in [1.54, 1.807) is 0 Å². The highest BCUT2D eigenvalue weighted by molar-refractivity contribution is 7.99. The van der Waals surface area contributed by atoms with Gasteiger partial charge in [0.05, 0.1) is 11.0 Å². The van der Waals surface area contributed by atoms with E-state index < -0.39 is 0 Å². The normalized spacial score (nSPS) is 10.9. The van der Waals surface area contributed by atoms with Crippen molar-refractivity contribution in [1.82, 2.24) is 9.97 Å². The summed E-state index contributed by atoms with van der Waals surface area (Å²) in [5, 5.41) is 0. The molecule has 0 amide bonds. The van der Waals surface area contributed by atoms with Gasteiger partial charge in [-0.1, -0.05) is 6.92 Å². The lowest BCUT2D eigenvalue weighted by Gasteiger charge is -1.98. The Morgan fingerprint density at radius 2 is 2.07 bits per heavy atom. The monoisotopic (exact) mass is 208 g/mol. The summed E-state index contributed by atoms with van der Waals surface area (Å²) in [6.45, 7) is 2.16. The molecule has 0 aliphatic heterocycles. The Kier molecular flexibility index (Phi) is 2.63. The molecule has 2 aromatic rings. The fraction of sp³-hybridized carbons (Fsp3) is 0.300. The van der Waals surface area contributed by atoms with E-state index in [0.29, 0.717) is 0 Å². The van der Waals surface area contributed by atoms with Gasteiger partial charge >= 0.3 is 5.69 Å². The molecule has 0 aliphatic rings. The molecule has 0 saturated heterocycles. The van der Waals surface area contributed by atoms with Gasteiger partial charge in [0.15, 0.2) is 0 Å². The first-order valence-electron chi connectivity index (χ1n) is 4.64. The summed E-state index contributed by atoms with van der Waals surface area (Å²) in [7, 11) is 0. The van der Waals surface area contributed by atoms with Crippen LogP contribution >= 0.6 is 11.8 Å². The number of aromatic nitrogens is 2. The van der Waals surface area contributed by atoms with Gasteiger partial charge in [0, 0.05) is 4.90 Å². The molecule has 2 rings (SSSR count). The number of thioether (sulfide) groups is 1. The van der Waals surface area contributed by atoms with Crippen LogP contribution in [0.25, 0.3) is 11.0 Å². The number of hydrogen-bond donors (Lipinski definition) is 2. The molecule has 2 N–H and O–H groups in total. The van der Waals surface area contributed by atoms with E-state index >= 15 is 0 Å². The minimum atomic E-state index is -0.141. The minimum absolute atomic E-state index is 0.141. The minimum Gasteiger partial charge on any atom is -0.306 e. The number of H-pyrrole nitrogens is 2. The first-order valence-corrected chi connectivity index (χ1v) is 5.63. The standard InChI is InChI=1S/C10H12N2OS/c1-2-5-14-7-3-4-8-9(6-7)12-10(13)11-8/h3-4,6H,2,5H2,1H3,(H2,11,12,13). The van der Waals surface area contributed by atoms with Gasteiger partial charge in [-0.25, -0.2) is 4.79 Å². The Labute approximate surface area is 85.9 Å². The van der Waals surface area contributed by atoms with Gasteiger partial charge in [0.1, 0.15) is 0 Å². The summed E-state index contributed by atoms with van der Waals surface area (Å²) in [6, 6.07) is 5.98. The smallest absolute Gasteiger partial charge is 0.306 e. The van der Waals surface area contributed by atoms with Crippen molar-refractivity contribution >= 4 is 22.8 Å². The maximum Gasteiger partial charge on any atom is 0.323 e. The second-order valence-corrected chi connectivity index (χ2v) is 4.30. The fourth-order valence-electron chi connectivity index (χ4n) is 1.32. The first-order chi connectivity index (χ1) is 6.79. The Bertz CT molecular complexity index is 486. The van der Waals surface area contributed by atoms with Crippen LogP contribution in [0.4, 0.5) is 0 Å². The fourth-order valence-corrected chi connectivity index (χ4v) is 2.13. The molecular formula is C10H12N2OS. The van der Waals surface area contributed by atoms with Gasteiger partial charge in [0.2, 0.25) is 0 Å². The highest BCUT2D eigenvalue weighted by Gasteiger charge is 1.99. The molecule has 0 aliphatic carbocycles. The maximum absolute atomic E-state index is 11.0. The van der Waals surface area contributed by atoms with Crippen LogP contribution in [0.2, 0.25) is 0 Å². The van der Waals surface area contributed by atoms with E-state index in [4.69, 9.17) is 0 Å². The predicted octanol–water partition coefficient (Wildman–Crippen LogP) is 2.36. The molecule has 74 valence electrons. The van der Waals surface area contributed by atoms with Crippen molar-refractivity contribution in [1.29, 1.82) is 0 Å². The number of rotatable bonds is 3. The van der Waals surface area contributed by atoms with Gasteiger partial charge in [-0.3, -0.25) is 0 Å². The van der Waals surface area contributed by atoms with Crippen LogP contribution in [-0.2, 0) is 0 Å². The van der Waals surface area contributed by atoms with E-state index in [9.17, 15) is 4.79 Å². The van der Waals surface area contributed by atoms with Gasteiger partial charge in [-0.15, -0.1) is 11.8 Å². The zero-order chi connectivity index (χ0) is 9.97. The van der Waals surface area contributed by atoms with Gasteiger partial charge in [0.25, 0.3) is 0 Å². The van der Waals surface area contributed by atoms with Crippen LogP contribution in [0.15, 0.2) is 27.9 Å². The number of hydrogen-bond acceptors (Lipinski definition) is 2. The van der Waals surface area contributed by atoms with Gasteiger partial charge in [-0.2, -0.15) is 0 Å². The molecule has 0 bridgehead atoms. The summed E-state index contributed by atoms with van der Waals surface area (Å²) in [5.74, 6) is 1.11. The molecular weight excluding hydrogens is 196 g/mol. The van der Waals surface area contributed by atoms with Crippen LogP contribution in [0.1, 0.15) is 13.3 Å². The second-order valence-electron chi connectivity index (χ2n) is 3.13. The molecule has 1 aromatic heterocycles. The van der Waals surface area contributed by atoms with E-state index in [2.05, 4.69) is 16.9 Å². The molecule has 0 fully saturated rings. The van der Waals surface area contributed by atoms with Crippen LogP contribution < -0.4 is 5.69 Å². The van der Waals surface area contributed by atoms with Crippen molar-refractivity contribution in [2.75, 3.05) is 5.75 Å². The molecule has 0 saturated carbocycles. The average Bonchev–Trinajstić information content (AvgIpc) is 2.54. The number of imidazole rings is 1. The summed E-state index contributed by atoms with van der Waals surface area (Å²) >= 11 is 1.81. The SMILES string of the molecule is CCCSc1ccc2[nH]c(=O)[nH]c2c1. The lowest BCUT2D eigenvalue weighted by atomic mass is 10.3.